The lowest BCUT2D eigenvalue weighted by Gasteiger charge is -2.26. The van der Waals surface area contributed by atoms with Crippen LogP contribution in [0.15, 0.2) is 29.1 Å². The zero-order chi connectivity index (χ0) is 34.5. The van der Waals surface area contributed by atoms with Crippen LogP contribution >= 0.6 is 11.3 Å². The van der Waals surface area contributed by atoms with Gasteiger partial charge in [0.2, 0.25) is 0 Å². The number of anilines is 1. The number of halogens is 1. The zero-order valence-corrected chi connectivity index (χ0v) is 29.9. The van der Waals surface area contributed by atoms with Gasteiger partial charge in [0, 0.05) is 17.0 Å². The van der Waals surface area contributed by atoms with Crippen LogP contribution in [-0.2, 0) is 33.9 Å². The number of nitrogens with two attached hydrogens (primary N) is 1. The molecule has 10 heteroatoms. The van der Waals surface area contributed by atoms with Crippen LogP contribution in [0.2, 0.25) is 0 Å². The minimum Gasteiger partial charge on any atom is -0.477 e. The van der Waals surface area contributed by atoms with Gasteiger partial charge in [-0.05, 0) is 105 Å². The number of hydrogen-bond acceptors (Lipinski definition) is 8. The van der Waals surface area contributed by atoms with Crippen molar-refractivity contribution >= 4 is 38.0 Å². The minimum atomic E-state index is -0.517. The molecule has 5 rings (SSSR count). The molecule has 2 unspecified atom stereocenters. The number of ketones is 1. The van der Waals surface area contributed by atoms with Crippen molar-refractivity contribution < 1.29 is 18.7 Å². The summed E-state index contributed by atoms with van der Waals surface area (Å²) in [4.78, 5) is 20.4. The molecule has 3 heterocycles. The maximum Gasteiger partial charge on any atom is 0.188 e. The topological polar surface area (TPSA) is 113 Å². The number of thiophene rings is 1. The number of fused-ring (bicyclic) bond motifs is 2. The smallest absolute Gasteiger partial charge is 0.188 e. The lowest BCUT2D eigenvalue weighted by molar-refractivity contribution is -0.118. The first-order valence-electron chi connectivity index (χ1n) is 17.2. The number of unbranched alkanes of at least 4 members (excludes halogenated alkanes) is 1. The van der Waals surface area contributed by atoms with Gasteiger partial charge in [0.15, 0.2) is 11.7 Å². The van der Waals surface area contributed by atoms with Crippen LogP contribution in [0, 0.1) is 24.1 Å². The van der Waals surface area contributed by atoms with Gasteiger partial charge >= 0.3 is 0 Å². The highest BCUT2D eigenvalue weighted by Crippen LogP contribution is 2.46. The normalized spacial score (nSPS) is 17.5. The van der Waals surface area contributed by atoms with E-state index >= 15 is 4.39 Å². The lowest BCUT2D eigenvalue weighted by Crippen LogP contribution is -2.34. The number of ether oxygens (including phenoxy) is 2. The summed E-state index contributed by atoms with van der Waals surface area (Å²) in [6.07, 6.45) is 8.21. The van der Waals surface area contributed by atoms with E-state index in [1.165, 1.54) is 6.07 Å². The van der Waals surface area contributed by atoms with Crippen LogP contribution in [0.25, 0.3) is 21.2 Å². The van der Waals surface area contributed by atoms with Gasteiger partial charge in [0.05, 0.1) is 23.5 Å². The zero-order valence-electron chi connectivity index (χ0n) is 29.1. The van der Waals surface area contributed by atoms with E-state index in [1.807, 2.05) is 0 Å². The Morgan fingerprint density at radius 2 is 2.06 bits per heavy atom. The highest BCUT2D eigenvalue weighted by atomic mass is 32.1. The SMILES string of the molecule is CCC/C=C(/NC(=NC(CCC)C(C)=O)c1c(C)c(CC)c(-c2ccc(F)c3sc(N)c(C#N)c23)c2c1COC2)OCC1CCCN1C. The van der Waals surface area contributed by atoms with Crippen molar-refractivity contribution in [2.24, 2.45) is 4.99 Å². The number of carbonyl (C=O) groups excluding carboxylic acids is 1. The van der Waals surface area contributed by atoms with Crippen molar-refractivity contribution in [2.75, 3.05) is 25.9 Å². The number of nitrogens with one attached hydrogen (secondary N) is 1. The van der Waals surface area contributed by atoms with Crippen molar-refractivity contribution in [3.05, 3.63) is 63.3 Å². The molecule has 2 aliphatic heterocycles. The van der Waals surface area contributed by atoms with Crippen molar-refractivity contribution in [3.63, 3.8) is 0 Å². The van der Waals surface area contributed by atoms with E-state index in [2.05, 4.69) is 57.1 Å². The largest absolute Gasteiger partial charge is 0.477 e. The van der Waals surface area contributed by atoms with Crippen molar-refractivity contribution in [2.45, 2.75) is 105 Å². The van der Waals surface area contributed by atoms with E-state index in [1.54, 1.807) is 13.0 Å². The van der Waals surface area contributed by atoms with E-state index in [0.717, 1.165) is 88.9 Å². The third-order valence-corrected chi connectivity index (χ3v) is 10.7. The van der Waals surface area contributed by atoms with Crippen molar-refractivity contribution in [1.82, 2.24) is 10.2 Å². The summed E-state index contributed by atoms with van der Waals surface area (Å²) in [5.74, 6) is 0.838. The number of rotatable bonds is 13. The average Bonchev–Trinajstić information content (AvgIpc) is 3.80. The minimum absolute atomic E-state index is 0.00871. The first kappa shape index (κ1) is 35.5. The number of nitrogen functional groups attached to an aromatic ring is 1. The number of nitriles is 1. The molecule has 0 aliphatic carbocycles. The molecule has 2 atom stereocenters. The van der Waals surface area contributed by atoms with Gasteiger partial charge in [0.25, 0.3) is 0 Å². The predicted molar refractivity (Wildman–Crippen MR) is 193 cm³/mol. The molecule has 1 aromatic heterocycles. The number of amidine groups is 1. The molecule has 8 nitrogen and oxygen atoms in total. The molecule has 2 aromatic carbocycles. The number of Topliss-reactive ketones (excluding diaryl/α,β-unsaturated/α-hetero) is 1. The highest BCUT2D eigenvalue weighted by molar-refractivity contribution is 7.23. The van der Waals surface area contributed by atoms with Gasteiger partial charge in [-0.1, -0.05) is 39.7 Å². The van der Waals surface area contributed by atoms with E-state index in [0.29, 0.717) is 71.1 Å². The second kappa shape index (κ2) is 15.6. The van der Waals surface area contributed by atoms with Crippen LogP contribution < -0.4 is 11.1 Å². The Kier molecular flexibility index (Phi) is 11.6. The molecule has 0 bridgehead atoms. The second-order valence-electron chi connectivity index (χ2n) is 12.9. The van der Waals surface area contributed by atoms with Gasteiger partial charge in [-0.15, -0.1) is 11.3 Å². The summed E-state index contributed by atoms with van der Waals surface area (Å²) in [5.41, 5.74) is 13.1. The van der Waals surface area contributed by atoms with Crippen molar-refractivity contribution in [1.29, 1.82) is 5.26 Å². The van der Waals surface area contributed by atoms with Crippen molar-refractivity contribution in [3.8, 4) is 17.2 Å². The fourth-order valence-corrected chi connectivity index (χ4v) is 8.03. The molecule has 0 amide bonds. The Bertz CT molecular complexity index is 1790. The standard InChI is InChI=1S/C38H48FN5O3S/c1-7-10-14-32(47-19-24-13-11-17-44(24)6)43-38(42-31(12-8-2)23(5)45)33-22(4)25(9-3)34(29-21-46-20-28(29)33)26-15-16-30(39)36-35(26)27(18-40)37(41)48-36/h14-16,24,31H,7-13,17,19-21,41H2,1-6H3,(H,42,43)/b32-14-. The Morgan fingerprint density at radius 1 is 1.29 bits per heavy atom. The van der Waals surface area contributed by atoms with Crippen LogP contribution in [0.5, 0.6) is 0 Å². The monoisotopic (exact) mass is 673 g/mol. The van der Waals surface area contributed by atoms with Gasteiger partial charge in [0.1, 0.15) is 35.4 Å². The summed E-state index contributed by atoms with van der Waals surface area (Å²) in [7, 11) is 2.14. The van der Waals surface area contributed by atoms with Crippen LogP contribution in [-0.4, -0.2) is 48.8 Å². The molecule has 1 saturated heterocycles. The van der Waals surface area contributed by atoms with Crippen LogP contribution in [0.1, 0.15) is 99.6 Å². The molecule has 3 aromatic rings. The summed E-state index contributed by atoms with van der Waals surface area (Å²) in [5, 5.41) is 14.5. The summed E-state index contributed by atoms with van der Waals surface area (Å²) in [6, 6.07) is 5.27. The predicted octanol–water partition coefficient (Wildman–Crippen LogP) is 7.91. The maximum absolute atomic E-state index is 15.1. The van der Waals surface area contributed by atoms with E-state index in [-0.39, 0.29) is 5.78 Å². The van der Waals surface area contributed by atoms with E-state index in [9.17, 15) is 10.1 Å². The molecule has 1 fully saturated rings. The van der Waals surface area contributed by atoms with Gasteiger partial charge in [-0.25, -0.2) is 4.39 Å². The number of likely N-dealkylation sites (N-methyl/N-ethyl adjacent to an activating group) is 1. The quantitative estimate of drug-likeness (QED) is 0.108. The van der Waals surface area contributed by atoms with E-state index in [4.69, 9.17) is 20.2 Å². The first-order valence-corrected chi connectivity index (χ1v) is 18.0. The molecule has 48 heavy (non-hydrogen) atoms. The van der Waals surface area contributed by atoms with Crippen LogP contribution in [0.3, 0.4) is 0 Å². The number of aliphatic imine (C=N–C) groups is 1. The Morgan fingerprint density at radius 3 is 2.71 bits per heavy atom. The first-order chi connectivity index (χ1) is 23.1. The Balaban J connectivity index is 1.72. The lowest BCUT2D eigenvalue weighted by atomic mass is 9.82. The molecular weight excluding hydrogens is 626 g/mol. The number of allylic oxidation sites excluding steroid dienone is 1. The molecule has 0 radical (unpaired) electrons. The Labute approximate surface area is 287 Å². The number of carbonyl (C=O) groups is 1. The second-order valence-corrected chi connectivity index (χ2v) is 13.9. The fourth-order valence-electron chi connectivity index (χ4n) is 7.08. The number of hydrogen-bond donors (Lipinski definition) is 2. The molecule has 256 valence electrons. The summed E-state index contributed by atoms with van der Waals surface area (Å²) >= 11 is 1.10. The van der Waals surface area contributed by atoms with E-state index < -0.39 is 11.9 Å². The molecule has 0 saturated carbocycles. The number of likely N-dealkylation sites (tertiary alicyclic amines) is 1. The molecular formula is C38H48FN5O3S. The highest BCUT2D eigenvalue weighted by Gasteiger charge is 2.31. The number of nitrogens with zero attached hydrogens (tertiary/aromatic N) is 3. The summed E-state index contributed by atoms with van der Waals surface area (Å²) < 4.78 is 28.1. The van der Waals surface area contributed by atoms with Gasteiger partial charge in [-0.2, -0.15) is 5.26 Å². The third kappa shape index (κ3) is 7.00. The van der Waals surface area contributed by atoms with Gasteiger partial charge in [-0.3, -0.25) is 9.79 Å². The summed E-state index contributed by atoms with van der Waals surface area (Å²) in [6.45, 7) is 12.3. The Hall–Kier alpha value is -3.78. The molecule has 0 spiro atoms. The molecule has 3 N–H and O–H groups in total. The fraction of sp³-hybridized carbons (Fsp3) is 0.500. The molecule has 2 aliphatic rings. The van der Waals surface area contributed by atoms with Crippen LogP contribution in [0.4, 0.5) is 9.39 Å². The number of benzene rings is 2. The maximum atomic E-state index is 15.1. The third-order valence-electron chi connectivity index (χ3n) is 9.66. The average molecular weight is 674 g/mol. The van der Waals surface area contributed by atoms with Gasteiger partial charge < -0.3 is 25.4 Å².